The number of rotatable bonds is 8. The Kier molecular flexibility index (Phi) is 8.83. The minimum Gasteiger partial charge on any atom is -0.508 e. The molecule has 0 aliphatic rings. The van der Waals surface area contributed by atoms with E-state index in [1.807, 2.05) is 31.2 Å². The van der Waals surface area contributed by atoms with E-state index in [9.17, 15) is 19.9 Å². The quantitative estimate of drug-likeness (QED) is 0.195. The van der Waals surface area contributed by atoms with Crippen LogP contribution in [-0.4, -0.2) is 51.4 Å². The van der Waals surface area contributed by atoms with E-state index in [1.54, 1.807) is 19.1 Å². The second-order valence-electron chi connectivity index (χ2n) is 6.87. The molecule has 4 N–H and O–H groups in total. The number of hydroxylamine groups is 2. The van der Waals surface area contributed by atoms with Gasteiger partial charge in [-0.2, -0.15) is 0 Å². The van der Waals surface area contributed by atoms with Crippen LogP contribution in [0.4, 0.5) is 10.5 Å². The van der Waals surface area contributed by atoms with Crippen molar-refractivity contribution in [3.63, 3.8) is 0 Å². The molecule has 2 aromatic carbocycles. The van der Waals surface area contributed by atoms with Gasteiger partial charge in [0.1, 0.15) is 5.75 Å². The minimum atomic E-state index is -0.774. The van der Waals surface area contributed by atoms with E-state index in [0.717, 1.165) is 16.0 Å². The van der Waals surface area contributed by atoms with Gasteiger partial charge in [0.05, 0.1) is 25.4 Å². The molecule has 0 fully saturated rings. The topological polar surface area (TPSA) is 129 Å². The molecule has 0 unspecified atom stereocenters. The maximum absolute atomic E-state index is 12.9. The summed E-state index contributed by atoms with van der Waals surface area (Å²) in [5.41, 5.74) is 8.39. The monoisotopic (exact) mass is 428 g/mol. The van der Waals surface area contributed by atoms with E-state index in [0.29, 0.717) is 10.8 Å². The molecule has 0 saturated heterocycles. The fourth-order valence-electron chi connectivity index (χ4n) is 2.68. The second kappa shape index (κ2) is 11.6. The number of aryl methyl sites for hydroxylation is 1. The third-order valence-corrected chi connectivity index (χ3v) is 4.34. The minimum absolute atomic E-state index is 0.0749. The summed E-state index contributed by atoms with van der Waals surface area (Å²) in [6, 6.07) is 12.7. The lowest BCUT2D eigenvalue weighted by Crippen LogP contribution is -2.48. The molecular weight excluding hydrogens is 400 g/mol. The number of guanidine groups is 1. The number of hydrogen-bond acceptors (Lipinski definition) is 6. The van der Waals surface area contributed by atoms with E-state index >= 15 is 0 Å². The highest BCUT2D eigenvalue weighted by molar-refractivity contribution is 5.96. The predicted octanol–water partition coefficient (Wildman–Crippen LogP) is 3.30. The van der Waals surface area contributed by atoms with Gasteiger partial charge >= 0.3 is 12.0 Å². The highest BCUT2D eigenvalue weighted by Gasteiger charge is 2.23. The number of ether oxygens (including phenoxy) is 1. The number of amides is 2. The van der Waals surface area contributed by atoms with E-state index in [-0.39, 0.29) is 44.2 Å². The molecule has 9 nitrogen and oxygen atoms in total. The first-order chi connectivity index (χ1) is 14.8. The zero-order valence-corrected chi connectivity index (χ0v) is 17.7. The van der Waals surface area contributed by atoms with Crippen LogP contribution in [0.5, 0.6) is 5.75 Å². The molecule has 0 aliphatic carbocycles. The summed E-state index contributed by atoms with van der Waals surface area (Å²) in [6.45, 7) is 3.94. The van der Waals surface area contributed by atoms with Gasteiger partial charge in [0, 0.05) is 6.42 Å². The van der Waals surface area contributed by atoms with Crippen LogP contribution >= 0.6 is 0 Å². The molecule has 0 atom stereocenters. The van der Waals surface area contributed by atoms with Crippen LogP contribution in [0.3, 0.4) is 0 Å². The van der Waals surface area contributed by atoms with Crippen LogP contribution in [0, 0.1) is 6.92 Å². The number of carbonyl (C=O) groups is 2. The average molecular weight is 428 g/mol. The van der Waals surface area contributed by atoms with Gasteiger partial charge in [-0.25, -0.2) is 14.9 Å². The number of carbonyl (C=O) groups excluding carboxylic acids is 2. The number of phenolic OH excluding ortho intramolecular Hbond substituents is 1. The summed E-state index contributed by atoms with van der Waals surface area (Å²) in [7, 11) is 0. The third kappa shape index (κ3) is 7.63. The molecule has 2 aromatic rings. The summed E-state index contributed by atoms with van der Waals surface area (Å²) in [4.78, 5) is 29.7. The van der Waals surface area contributed by atoms with Gasteiger partial charge in [-0.1, -0.05) is 29.8 Å². The lowest BCUT2D eigenvalue weighted by atomic mass is 10.1. The van der Waals surface area contributed by atoms with Crippen molar-refractivity contribution < 1.29 is 24.6 Å². The summed E-state index contributed by atoms with van der Waals surface area (Å²) in [6.07, 6.45) is 0.307. The first-order valence-corrected chi connectivity index (χ1v) is 9.92. The van der Waals surface area contributed by atoms with Gasteiger partial charge in [0.25, 0.3) is 0 Å². The lowest BCUT2D eigenvalue weighted by molar-refractivity contribution is -0.143. The Morgan fingerprint density at radius 1 is 1.10 bits per heavy atom. The number of nitrogens with two attached hydrogens (primary N) is 1. The number of esters is 1. The number of aliphatic imine (C=N–C) groups is 1. The standard InChI is InChI=1S/C22H28N4O5/c1-3-31-20(28)5-4-14-26(30)22(29)25(15-17-8-6-16(2)7-9-17)21(23)24-18-10-12-19(27)13-11-18/h6-13,27,30H,3-5,14-15H2,1-2H3,(H2,23,24). The summed E-state index contributed by atoms with van der Waals surface area (Å²) < 4.78 is 4.84. The Bertz CT molecular complexity index is 897. The molecule has 31 heavy (non-hydrogen) atoms. The van der Waals surface area contributed by atoms with Crippen LogP contribution in [-0.2, 0) is 16.1 Å². The predicted molar refractivity (Wildman–Crippen MR) is 116 cm³/mol. The lowest BCUT2D eigenvalue weighted by Gasteiger charge is -2.26. The maximum atomic E-state index is 12.9. The molecule has 0 radical (unpaired) electrons. The molecule has 0 bridgehead atoms. The Balaban J connectivity index is 2.17. The largest absolute Gasteiger partial charge is 0.508 e. The van der Waals surface area contributed by atoms with E-state index < -0.39 is 12.0 Å². The Labute approximate surface area is 181 Å². The number of phenols is 1. The first-order valence-electron chi connectivity index (χ1n) is 9.92. The van der Waals surface area contributed by atoms with Crippen molar-refractivity contribution >= 4 is 23.6 Å². The molecule has 0 saturated carbocycles. The van der Waals surface area contributed by atoms with Crippen molar-refractivity contribution in [2.45, 2.75) is 33.2 Å². The Morgan fingerprint density at radius 2 is 1.74 bits per heavy atom. The molecule has 0 heterocycles. The molecule has 2 amide bonds. The van der Waals surface area contributed by atoms with Crippen molar-refractivity contribution in [2.75, 3.05) is 13.2 Å². The van der Waals surface area contributed by atoms with Crippen LogP contribution in [0.25, 0.3) is 0 Å². The molecule has 166 valence electrons. The van der Waals surface area contributed by atoms with Gasteiger partial charge in [-0.15, -0.1) is 0 Å². The molecule has 9 heteroatoms. The SMILES string of the molecule is CCOC(=O)CCCN(O)C(=O)N(Cc1ccc(C)cc1)/C(N)=N/c1ccc(O)cc1. The number of aromatic hydroxyl groups is 1. The summed E-state index contributed by atoms with van der Waals surface area (Å²) in [5.74, 6) is -0.442. The molecule has 0 aliphatic heterocycles. The third-order valence-electron chi connectivity index (χ3n) is 4.34. The van der Waals surface area contributed by atoms with Crippen molar-refractivity contribution in [1.82, 2.24) is 9.96 Å². The average Bonchev–Trinajstić information content (AvgIpc) is 2.74. The Hall–Kier alpha value is -3.59. The first kappa shape index (κ1) is 23.7. The summed E-state index contributed by atoms with van der Waals surface area (Å²) in [5, 5.41) is 20.2. The van der Waals surface area contributed by atoms with E-state index in [4.69, 9.17) is 10.5 Å². The van der Waals surface area contributed by atoms with Crippen molar-refractivity contribution in [3.05, 3.63) is 59.7 Å². The number of urea groups is 1. The fourth-order valence-corrected chi connectivity index (χ4v) is 2.68. The van der Waals surface area contributed by atoms with Crippen LogP contribution in [0.2, 0.25) is 0 Å². The molecule has 0 aromatic heterocycles. The smallest absolute Gasteiger partial charge is 0.350 e. The summed E-state index contributed by atoms with van der Waals surface area (Å²) >= 11 is 0. The molecular formula is C22H28N4O5. The normalized spacial score (nSPS) is 11.1. The van der Waals surface area contributed by atoms with Crippen LogP contribution < -0.4 is 5.73 Å². The highest BCUT2D eigenvalue weighted by atomic mass is 16.5. The van der Waals surface area contributed by atoms with E-state index in [2.05, 4.69) is 4.99 Å². The van der Waals surface area contributed by atoms with Crippen molar-refractivity contribution in [3.8, 4) is 5.75 Å². The van der Waals surface area contributed by atoms with Gasteiger partial charge in [-0.05, 0) is 50.1 Å². The number of nitrogens with zero attached hydrogens (tertiary/aromatic N) is 3. The van der Waals surface area contributed by atoms with Gasteiger partial charge < -0.3 is 15.6 Å². The van der Waals surface area contributed by atoms with Crippen LogP contribution in [0.1, 0.15) is 30.9 Å². The zero-order chi connectivity index (χ0) is 22.8. The van der Waals surface area contributed by atoms with Crippen molar-refractivity contribution in [1.29, 1.82) is 0 Å². The highest BCUT2D eigenvalue weighted by Crippen LogP contribution is 2.18. The van der Waals surface area contributed by atoms with Gasteiger partial charge in [0.15, 0.2) is 0 Å². The fraction of sp³-hybridized carbons (Fsp3) is 0.318. The van der Waals surface area contributed by atoms with Gasteiger partial charge in [-0.3, -0.25) is 14.9 Å². The van der Waals surface area contributed by atoms with Gasteiger partial charge in [0.2, 0.25) is 5.96 Å². The Morgan fingerprint density at radius 3 is 2.35 bits per heavy atom. The van der Waals surface area contributed by atoms with Crippen molar-refractivity contribution in [2.24, 2.45) is 10.7 Å². The maximum Gasteiger partial charge on any atom is 0.350 e. The number of hydrogen-bond donors (Lipinski definition) is 3. The van der Waals surface area contributed by atoms with Crippen LogP contribution in [0.15, 0.2) is 53.5 Å². The van der Waals surface area contributed by atoms with E-state index in [1.165, 1.54) is 12.1 Å². The number of benzene rings is 2. The molecule has 2 rings (SSSR count). The molecule has 0 spiro atoms. The second-order valence-corrected chi connectivity index (χ2v) is 6.87. The zero-order valence-electron chi connectivity index (χ0n) is 17.7.